The first-order valence-electron chi connectivity index (χ1n) is 7.40. The van der Waals surface area contributed by atoms with E-state index < -0.39 is 0 Å². The second-order valence-electron chi connectivity index (χ2n) is 5.14. The lowest BCUT2D eigenvalue weighted by Gasteiger charge is -2.14. The highest BCUT2D eigenvalue weighted by atomic mass is 35.5. The molecular formula is C17H13Cl3N4O2. The summed E-state index contributed by atoms with van der Waals surface area (Å²) < 4.78 is 12.7. The van der Waals surface area contributed by atoms with E-state index in [1.54, 1.807) is 36.5 Å². The first kappa shape index (κ1) is 18.5. The van der Waals surface area contributed by atoms with Crippen molar-refractivity contribution in [3.05, 3.63) is 69.2 Å². The van der Waals surface area contributed by atoms with Crippen LogP contribution in [0.1, 0.15) is 11.1 Å². The zero-order chi connectivity index (χ0) is 18.5. The van der Waals surface area contributed by atoms with Crippen molar-refractivity contribution in [3.8, 4) is 11.5 Å². The van der Waals surface area contributed by atoms with Gasteiger partial charge in [-0.1, -0.05) is 40.9 Å². The number of benzene rings is 2. The van der Waals surface area contributed by atoms with Gasteiger partial charge >= 0.3 is 0 Å². The third-order valence-corrected chi connectivity index (χ3v) is 4.25. The maximum atomic E-state index is 6.35. The average molecular weight is 412 g/mol. The van der Waals surface area contributed by atoms with Crippen LogP contribution in [0.4, 0.5) is 0 Å². The Morgan fingerprint density at radius 2 is 1.85 bits per heavy atom. The Hall–Kier alpha value is -2.28. The summed E-state index contributed by atoms with van der Waals surface area (Å²) in [6.45, 7) is 0.222. The first-order valence-corrected chi connectivity index (χ1v) is 8.53. The zero-order valence-corrected chi connectivity index (χ0v) is 15.8. The first-order chi connectivity index (χ1) is 12.6. The Balaban J connectivity index is 1.80. The molecule has 0 amide bonds. The van der Waals surface area contributed by atoms with E-state index in [0.29, 0.717) is 26.6 Å². The molecule has 0 spiro atoms. The van der Waals surface area contributed by atoms with Gasteiger partial charge in [0.15, 0.2) is 11.5 Å². The quantitative estimate of drug-likeness (QED) is 0.551. The van der Waals surface area contributed by atoms with Crippen LogP contribution < -0.4 is 9.47 Å². The van der Waals surface area contributed by atoms with Gasteiger partial charge in [-0.3, -0.25) is 0 Å². The number of hydrogen-bond acceptors (Lipinski definition) is 5. The average Bonchev–Trinajstić information content (AvgIpc) is 3.13. The molecule has 6 nitrogen and oxygen atoms in total. The van der Waals surface area contributed by atoms with Crippen LogP contribution in [0.15, 0.2) is 48.1 Å². The number of hydrogen-bond donors (Lipinski definition) is 0. The molecule has 0 unspecified atom stereocenters. The predicted octanol–water partition coefficient (Wildman–Crippen LogP) is 4.71. The van der Waals surface area contributed by atoms with E-state index in [0.717, 1.165) is 11.1 Å². The van der Waals surface area contributed by atoms with Crippen molar-refractivity contribution in [3.63, 3.8) is 0 Å². The summed E-state index contributed by atoms with van der Waals surface area (Å²) in [5.74, 6) is 0.898. The van der Waals surface area contributed by atoms with Crippen LogP contribution in [0.5, 0.6) is 11.5 Å². The van der Waals surface area contributed by atoms with Gasteiger partial charge in [0.2, 0.25) is 0 Å². The summed E-state index contributed by atoms with van der Waals surface area (Å²) in [6.07, 6.45) is 4.56. The number of methoxy groups -OCH3 is 1. The highest BCUT2D eigenvalue weighted by Crippen LogP contribution is 2.37. The van der Waals surface area contributed by atoms with Crippen LogP contribution in [0.3, 0.4) is 0 Å². The van der Waals surface area contributed by atoms with Gasteiger partial charge < -0.3 is 9.47 Å². The summed E-state index contributed by atoms with van der Waals surface area (Å²) >= 11 is 18.4. The maximum absolute atomic E-state index is 6.35. The topological polar surface area (TPSA) is 61.5 Å². The van der Waals surface area contributed by atoms with Gasteiger partial charge in [0.1, 0.15) is 19.3 Å². The maximum Gasteiger partial charge on any atom is 0.180 e. The number of halogens is 3. The Morgan fingerprint density at radius 1 is 1.08 bits per heavy atom. The van der Waals surface area contributed by atoms with E-state index >= 15 is 0 Å². The summed E-state index contributed by atoms with van der Waals surface area (Å²) in [6, 6.07) is 8.68. The van der Waals surface area contributed by atoms with Gasteiger partial charge in [0.25, 0.3) is 0 Å². The minimum Gasteiger partial charge on any atom is -0.493 e. The third kappa shape index (κ3) is 4.46. The number of rotatable bonds is 6. The molecule has 0 bridgehead atoms. The van der Waals surface area contributed by atoms with E-state index in [2.05, 4.69) is 15.3 Å². The zero-order valence-electron chi connectivity index (χ0n) is 13.6. The van der Waals surface area contributed by atoms with Crippen LogP contribution in [0.2, 0.25) is 15.1 Å². The molecule has 2 aromatic carbocycles. The van der Waals surface area contributed by atoms with Crippen LogP contribution in [0, 0.1) is 0 Å². The molecule has 0 atom stereocenters. The molecule has 1 aromatic heterocycles. The molecule has 134 valence electrons. The Labute approximate surface area is 164 Å². The molecule has 3 aromatic rings. The molecule has 3 rings (SSSR count). The fourth-order valence-corrected chi connectivity index (χ4v) is 2.87. The van der Waals surface area contributed by atoms with E-state index in [9.17, 15) is 0 Å². The van der Waals surface area contributed by atoms with Crippen molar-refractivity contribution in [2.45, 2.75) is 6.61 Å². The lowest BCUT2D eigenvalue weighted by atomic mass is 10.2. The predicted molar refractivity (Wildman–Crippen MR) is 102 cm³/mol. The summed E-state index contributed by atoms with van der Waals surface area (Å²) in [5.41, 5.74) is 1.52. The molecule has 0 aliphatic carbocycles. The van der Waals surface area contributed by atoms with E-state index in [1.807, 2.05) is 0 Å². The number of ether oxygens (including phenoxy) is 2. The van der Waals surface area contributed by atoms with Crippen LogP contribution in [0.25, 0.3) is 0 Å². The third-order valence-electron chi connectivity index (χ3n) is 3.39. The molecule has 0 fully saturated rings. The van der Waals surface area contributed by atoms with Crippen molar-refractivity contribution < 1.29 is 9.47 Å². The lowest BCUT2D eigenvalue weighted by Crippen LogP contribution is -2.00. The minimum atomic E-state index is 0.222. The van der Waals surface area contributed by atoms with E-state index in [1.165, 1.54) is 24.4 Å². The summed E-state index contributed by atoms with van der Waals surface area (Å²) in [7, 11) is 1.54. The van der Waals surface area contributed by atoms with Crippen molar-refractivity contribution in [1.29, 1.82) is 0 Å². The van der Waals surface area contributed by atoms with Crippen molar-refractivity contribution in [2.24, 2.45) is 5.10 Å². The molecule has 0 radical (unpaired) electrons. The number of aromatic nitrogens is 3. The molecule has 0 aliphatic heterocycles. The number of nitrogens with zero attached hydrogens (tertiary/aromatic N) is 4. The Morgan fingerprint density at radius 3 is 2.54 bits per heavy atom. The molecular weight excluding hydrogens is 399 g/mol. The largest absolute Gasteiger partial charge is 0.493 e. The van der Waals surface area contributed by atoms with Crippen molar-refractivity contribution in [2.75, 3.05) is 7.11 Å². The Kier molecular flexibility index (Phi) is 5.98. The van der Waals surface area contributed by atoms with Gasteiger partial charge in [-0.25, -0.2) is 4.68 Å². The molecule has 1 heterocycles. The lowest BCUT2D eigenvalue weighted by molar-refractivity contribution is 0.285. The van der Waals surface area contributed by atoms with Gasteiger partial charge in [-0.05, 0) is 29.8 Å². The molecule has 26 heavy (non-hydrogen) atoms. The fourth-order valence-electron chi connectivity index (χ4n) is 2.13. The van der Waals surface area contributed by atoms with E-state index in [4.69, 9.17) is 44.3 Å². The monoisotopic (exact) mass is 410 g/mol. The van der Waals surface area contributed by atoms with Crippen LogP contribution >= 0.6 is 34.8 Å². The van der Waals surface area contributed by atoms with Gasteiger partial charge in [-0.2, -0.15) is 5.10 Å². The molecule has 0 saturated heterocycles. The SMILES string of the molecule is COc1cc(/C=N/n2cnnc2)cc(Cl)c1OCc1ccc(Cl)cc1Cl. The minimum absolute atomic E-state index is 0.222. The molecule has 9 heteroatoms. The van der Waals surface area contributed by atoms with Gasteiger partial charge in [-0.15, -0.1) is 10.2 Å². The van der Waals surface area contributed by atoms with Crippen molar-refractivity contribution in [1.82, 2.24) is 14.9 Å². The molecule has 0 N–H and O–H groups in total. The smallest absolute Gasteiger partial charge is 0.180 e. The van der Waals surface area contributed by atoms with Crippen molar-refractivity contribution >= 4 is 41.0 Å². The second-order valence-corrected chi connectivity index (χ2v) is 6.40. The molecule has 0 aliphatic rings. The highest BCUT2D eigenvalue weighted by Gasteiger charge is 2.13. The van der Waals surface area contributed by atoms with Crippen LogP contribution in [-0.2, 0) is 6.61 Å². The normalized spacial score (nSPS) is 11.1. The Bertz CT molecular complexity index is 930. The molecule has 0 saturated carbocycles. The van der Waals surface area contributed by atoms with Gasteiger partial charge in [0.05, 0.1) is 18.3 Å². The summed E-state index contributed by atoms with van der Waals surface area (Å²) in [4.78, 5) is 0. The van der Waals surface area contributed by atoms with Gasteiger partial charge in [0, 0.05) is 15.6 Å². The second kappa shape index (κ2) is 8.40. The van der Waals surface area contributed by atoms with E-state index in [-0.39, 0.29) is 6.61 Å². The highest BCUT2D eigenvalue weighted by molar-refractivity contribution is 6.35. The summed E-state index contributed by atoms with van der Waals surface area (Å²) in [5, 5.41) is 13.0. The van der Waals surface area contributed by atoms with Crippen LogP contribution in [-0.4, -0.2) is 28.2 Å². The fraction of sp³-hybridized carbons (Fsp3) is 0.118. The standard InChI is InChI=1S/C17H13Cl3N4O2/c1-25-16-5-11(7-23-24-9-21-22-10-24)4-15(20)17(16)26-8-12-2-3-13(18)6-14(12)19/h2-7,9-10H,8H2,1H3/b23-7+.